The van der Waals surface area contributed by atoms with Crippen molar-refractivity contribution in [2.75, 3.05) is 65.7 Å². The molecular weight excluding hydrogens is 721 g/mol. The molecule has 6 nitrogen and oxygen atoms in total. The fourth-order valence-corrected chi connectivity index (χ4v) is 12.7. The third-order valence-electron chi connectivity index (χ3n) is 9.90. The fraction of sp³-hybridized carbons (Fsp3) is 0.381. The van der Waals surface area contributed by atoms with E-state index in [9.17, 15) is 0 Å². The van der Waals surface area contributed by atoms with Crippen LogP contribution in [0.4, 0.5) is 0 Å². The Hall–Kier alpha value is -2.49. The summed E-state index contributed by atoms with van der Waals surface area (Å²) in [5.74, 6) is 4.30. The molecule has 0 aliphatic rings. The Kier molecular flexibility index (Phi) is 15.9. The first-order chi connectivity index (χ1) is 25.5. The van der Waals surface area contributed by atoms with Crippen LogP contribution in [0.25, 0.3) is 43.8 Å². The predicted octanol–water partition coefficient (Wildman–Crippen LogP) is 10.4. The Morgan fingerprint density at radius 2 is 0.712 bits per heavy atom. The normalized spacial score (nSPS) is 12.3. The van der Waals surface area contributed by atoms with E-state index in [0.717, 1.165) is 60.8 Å². The summed E-state index contributed by atoms with van der Waals surface area (Å²) in [6, 6.07) is 37.9. The van der Waals surface area contributed by atoms with E-state index in [-0.39, 0.29) is 0 Å². The summed E-state index contributed by atoms with van der Waals surface area (Å²) in [6.45, 7) is 0. The van der Waals surface area contributed by atoms with Crippen LogP contribution in [0.1, 0.15) is 24.0 Å². The summed E-state index contributed by atoms with van der Waals surface area (Å²) >= 11 is 3.96. The quantitative estimate of drug-likeness (QED) is 0.0392. The highest BCUT2D eigenvalue weighted by atomic mass is 32.2. The van der Waals surface area contributed by atoms with Gasteiger partial charge in [-0.3, -0.25) is 0 Å². The number of hydrogen-bond acceptors (Lipinski definition) is 8. The summed E-state index contributed by atoms with van der Waals surface area (Å²) in [6.07, 6.45) is 4.13. The molecule has 52 heavy (non-hydrogen) atoms. The van der Waals surface area contributed by atoms with Crippen molar-refractivity contribution in [3.8, 4) is 22.3 Å². The largest absolute Gasteiger partial charge is 0.500 e. The molecule has 0 heterocycles. The van der Waals surface area contributed by atoms with Gasteiger partial charge < -0.3 is 26.6 Å². The van der Waals surface area contributed by atoms with E-state index in [1.165, 1.54) is 54.9 Å². The monoisotopic (exact) mass is 774 g/mol. The van der Waals surface area contributed by atoms with Crippen LogP contribution in [0.5, 0.6) is 0 Å². The van der Waals surface area contributed by atoms with Crippen molar-refractivity contribution in [2.24, 2.45) is 0 Å². The molecule has 0 fully saturated rings. The Labute approximate surface area is 321 Å². The van der Waals surface area contributed by atoms with Crippen molar-refractivity contribution in [2.45, 2.75) is 37.8 Å². The second kappa shape index (κ2) is 20.3. The number of fused-ring (bicyclic) bond motifs is 2. The summed E-state index contributed by atoms with van der Waals surface area (Å²) in [5.41, 5.74) is 7.83. The number of hydrogen-bond donors (Lipinski definition) is 0. The van der Waals surface area contributed by atoms with Crippen LogP contribution in [-0.4, -0.2) is 83.3 Å². The Bertz CT molecular complexity index is 1620. The van der Waals surface area contributed by atoms with Crippen LogP contribution in [0.3, 0.4) is 0 Å². The fourth-order valence-electron chi connectivity index (χ4n) is 6.90. The third-order valence-corrected chi connectivity index (χ3v) is 17.7. The maximum atomic E-state index is 5.56. The summed E-state index contributed by atoms with van der Waals surface area (Å²) in [7, 11) is 5.12. The van der Waals surface area contributed by atoms with E-state index in [2.05, 4.69) is 97.1 Å². The molecule has 5 rings (SSSR count). The molecule has 0 aromatic heterocycles. The van der Waals surface area contributed by atoms with Crippen molar-refractivity contribution in [3.05, 3.63) is 108 Å². The first kappa shape index (κ1) is 40.7. The standard InChI is InChI=1S/C42H54O6S2Si2/c1-43-51(44-2,45-3)31-11-27-49-29-25-33-17-21-35(22-18-33)41-37-13-7-9-15-39(37)42(40-16-10-8-14-38(40)41)36-23-19-34(20-24-36)26-30-50-28-12-32-52(46-4,47-5)48-6/h7-10,13-24H,11-12,25-32H2,1-6H3. The average Bonchev–Trinajstić information content (AvgIpc) is 3.20. The lowest BCUT2D eigenvalue weighted by molar-refractivity contribution is 0.123. The molecule has 0 N–H and O–H groups in total. The van der Waals surface area contributed by atoms with Gasteiger partial charge in [0, 0.05) is 54.7 Å². The summed E-state index contributed by atoms with van der Waals surface area (Å²) in [5, 5.41) is 5.13. The maximum absolute atomic E-state index is 5.56. The summed E-state index contributed by atoms with van der Waals surface area (Å²) < 4.78 is 33.4. The molecule has 0 saturated heterocycles. The number of aryl methyl sites for hydroxylation is 2. The van der Waals surface area contributed by atoms with Gasteiger partial charge in [0.1, 0.15) is 0 Å². The zero-order chi connectivity index (χ0) is 36.8. The van der Waals surface area contributed by atoms with Gasteiger partial charge in [0.15, 0.2) is 0 Å². The molecule has 0 atom stereocenters. The van der Waals surface area contributed by atoms with Crippen molar-refractivity contribution >= 4 is 62.7 Å². The van der Waals surface area contributed by atoms with Gasteiger partial charge >= 0.3 is 17.6 Å². The predicted molar refractivity (Wildman–Crippen MR) is 227 cm³/mol. The average molecular weight is 775 g/mol. The molecule has 0 spiro atoms. The zero-order valence-corrected chi connectivity index (χ0v) is 35.2. The molecule has 278 valence electrons. The smallest absolute Gasteiger partial charge is 0.377 e. The number of rotatable bonds is 22. The second-order valence-electron chi connectivity index (χ2n) is 12.8. The number of benzene rings is 5. The molecule has 0 amide bonds. The van der Waals surface area contributed by atoms with Crippen LogP contribution in [-0.2, 0) is 39.4 Å². The third kappa shape index (κ3) is 9.98. The Morgan fingerprint density at radius 3 is 1.00 bits per heavy atom. The highest BCUT2D eigenvalue weighted by molar-refractivity contribution is 7.99. The minimum atomic E-state index is -2.48. The SMILES string of the molecule is CO[Si](CCCSCCc1ccc(-c2c3ccccc3c(-c3ccc(CCSCCC[Si](OC)(OC)OC)cc3)c3ccccc23)cc1)(OC)OC. The van der Waals surface area contributed by atoms with Crippen molar-refractivity contribution in [3.63, 3.8) is 0 Å². The van der Waals surface area contributed by atoms with Crippen LogP contribution in [0.15, 0.2) is 97.1 Å². The maximum Gasteiger partial charge on any atom is 0.500 e. The van der Waals surface area contributed by atoms with E-state index in [1.54, 1.807) is 42.7 Å². The minimum Gasteiger partial charge on any atom is -0.377 e. The van der Waals surface area contributed by atoms with E-state index >= 15 is 0 Å². The first-order valence-electron chi connectivity index (χ1n) is 18.0. The van der Waals surface area contributed by atoms with Gasteiger partial charge in [-0.15, -0.1) is 0 Å². The van der Waals surface area contributed by atoms with Gasteiger partial charge in [-0.2, -0.15) is 23.5 Å². The van der Waals surface area contributed by atoms with Crippen molar-refractivity contribution in [1.82, 2.24) is 0 Å². The lowest BCUT2D eigenvalue weighted by Gasteiger charge is -2.24. The summed E-state index contributed by atoms with van der Waals surface area (Å²) in [4.78, 5) is 0. The number of thioether (sulfide) groups is 2. The molecule has 0 radical (unpaired) electrons. The van der Waals surface area contributed by atoms with Gasteiger partial charge in [0.05, 0.1) is 0 Å². The highest BCUT2D eigenvalue weighted by Crippen LogP contribution is 2.43. The molecule has 5 aromatic rings. The van der Waals surface area contributed by atoms with Gasteiger partial charge in [0.2, 0.25) is 0 Å². The van der Waals surface area contributed by atoms with Crippen LogP contribution in [0, 0.1) is 0 Å². The Balaban J connectivity index is 1.26. The first-order valence-corrected chi connectivity index (χ1v) is 24.2. The zero-order valence-electron chi connectivity index (χ0n) is 31.6. The van der Waals surface area contributed by atoms with E-state index in [1.807, 2.05) is 23.5 Å². The van der Waals surface area contributed by atoms with Gasteiger partial charge in [-0.1, -0.05) is 97.1 Å². The molecule has 0 aliphatic heterocycles. The second-order valence-corrected chi connectivity index (χ2v) is 21.4. The van der Waals surface area contributed by atoms with Crippen LogP contribution in [0.2, 0.25) is 12.1 Å². The minimum absolute atomic E-state index is 0.841. The van der Waals surface area contributed by atoms with E-state index in [0.29, 0.717) is 0 Å². The van der Waals surface area contributed by atoms with E-state index < -0.39 is 17.6 Å². The van der Waals surface area contributed by atoms with Gasteiger partial charge in [0.25, 0.3) is 0 Å². The Morgan fingerprint density at radius 1 is 0.404 bits per heavy atom. The molecule has 0 aliphatic carbocycles. The lowest BCUT2D eigenvalue weighted by atomic mass is 9.85. The molecular formula is C42H54O6S2Si2. The van der Waals surface area contributed by atoms with Crippen molar-refractivity contribution in [1.29, 1.82) is 0 Å². The molecule has 0 bridgehead atoms. The molecule has 5 aromatic carbocycles. The molecule has 0 saturated carbocycles. The molecule has 0 unspecified atom stereocenters. The van der Waals surface area contributed by atoms with Gasteiger partial charge in [-0.25, -0.2) is 0 Å². The lowest BCUT2D eigenvalue weighted by Crippen LogP contribution is -2.42. The van der Waals surface area contributed by atoms with Crippen molar-refractivity contribution < 1.29 is 26.6 Å². The van der Waals surface area contributed by atoms with Gasteiger partial charge in [-0.05, 0) is 104 Å². The van der Waals surface area contributed by atoms with Crippen LogP contribution < -0.4 is 0 Å². The topological polar surface area (TPSA) is 55.4 Å². The van der Waals surface area contributed by atoms with E-state index in [4.69, 9.17) is 26.6 Å². The van der Waals surface area contributed by atoms with Crippen LogP contribution >= 0.6 is 23.5 Å². The molecule has 10 heteroatoms. The highest BCUT2D eigenvalue weighted by Gasteiger charge is 2.37.